The molecule has 0 bridgehead atoms. The average Bonchev–Trinajstić information content (AvgIpc) is 3.48. The van der Waals surface area contributed by atoms with Crippen LogP contribution in [-0.2, 0) is 57.2 Å². The van der Waals surface area contributed by atoms with Crippen molar-refractivity contribution in [3.63, 3.8) is 0 Å². The molecule has 0 aliphatic heterocycles. The molecule has 0 fully saturated rings. The molecule has 0 aliphatic carbocycles. The van der Waals surface area contributed by atoms with Crippen molar-refractivity contribution >= 4 is 71.3 Å². The zero-order valence-corrected chi connectivity index (χ0v) is 51.2. The van der Waals surface area contributed by atoms with Crippen molar-refractivity contribution in [1.82, 2.24) is 31.9 Å². The highest BCUT2D eigenvalue weighted by Crippen LogP contribution is 2.15. The van der Waals surface area contributed by atoms with Crippen molar-refractivity contribution in [2.24, 2.45) is 35.5 Å². The predicted octanol–water partition coefficient (Wildman–Crippen LogP) is 4.62. The molecule has 0 unspecified atom stereocenters. The molecule has 84 heavy (non-hydrogen) atoms. The Balaban J connectivity index is 0.000000630. The van der Waals surface area contributed by atoms with Gasteiger partial charge in [0.05, 0.1) is 42.7 Å². The molecular formula is C60H84N6O18. The van der Waals surface area contributed by atoms with E-state index in [0.29, 0.717) is 33.4 Å². The molecule has 0 aliphatic rings. The Morgan fingerprint density at radius 2 is 0.321 bits per heavy atom. The van der Waals surface area contributed by atoms with Crippen LogP contribution in [0, 0.1) is 35.5 Å². The Bertz CT molecular complexity index is 2250. The minimum atomic E-state index is -0.771. The number of rotatable bonds is 24. The van der Waals surface area contributed by atoms with E-state index in [2.05, 4.69) is 31.9 Å². The molecule has 3 rings (SSSR count). The molecule has 0 saturated carbocycles. The highest BCUT2D eigenvalue weighted by atomic mass is 16.5. The Labute approximate surface area is 491 Å². The molecule has 0 aromatic heterocycles. The average molecular weight is 1180 g/mol. The lowest BCUT2D eigenvalue weighted by atomic mass is 10.0. The highest BCUT2D eigenvalue weighted by molar-refractivity contribution is 6.02. The van der Waals surface area contributed by atoms with Crippen LogP contribution in [0.4, 0.5) is 0 Å². The number of carbonyl (C=O) groups excluding carboxylic acids is 12. The Kier molecular flexibility index (Phi) is 31.4. The number of esters is 6. The summed E-state index contributed by atoms with van der Waals surface area (Å²) in [7, 11) is 7.56. The molecule has 0 spiro atoms. The summed E-state index contributed by atoms with van der Waals surface area (Å²) >= 11 is 0. The molecule has 0 heterocycles. The molecule has 6 amide bonds. The zero-order chi connectivity index (χ0) is 64.3. The summed E-state index contributed by atoms with van der Waals surface area (Å²) in [5.41, 5.74) is 1.75. The number of methoxy groups -OCH3 is 6. The second-order valence-corrected chi connectivity index (χ2v) is 21.0. The van der Waals surface area contributed by atoms with Gasteiger partial charge < -0.3 is 60.3 Å². The molecule has 3 aromatic carbocycles. The lowest BCUT2D eigenvalue weighted by molar-refractivity contribution is -0.144. The maximum atomic E-state index is 12.4. The van der Waals surface area contributed by atoms with E-state index in [4.69, 9.17) is 28.4 Å². The van der Waals surface area contributed by atoms with Crippen LogP contribution in [0.1, 0.15) is 145 Å². The van der Waals surface area contributed by atoms with Crippen molar-refractivity contribution in [3.05, 3.63) is 106 Å². The van der Waals surface area contributed by atoms with Crippen molar-refractivity contribution < 1.29 is 86.0 Å². The van der Waals surface area contributed by atoms with Crippen molar-refractivity contribution in [2.75, 3.05) is 42.7 Å². The second kappa shape index (κ2) is 36.0. The third-order valence-electron chi connectivity index (χ3n) is 12.7. The SMILES string of the molecule is COC(=O)[C@H](NC(=O)c1ccc(C(=O)N[C@@H](C(=O)OC)C(C)C)cc1)C(C)C.COC(=O)[C@H](NC(=O)c1ccc(C(=O)N[C@@H](C(=O)OC)C(C)C)cc1)C(C)C.COC(=O)[C@H](NC(=O)c1ccc(C(=O)N[C@@H](C(=O)OC)C(C)C)cc1)C(C)C. The summed E-state index contributed by atoms with van der Waals surface area (Å²) < 4.78 is 28.2. The topological polar surface area (TPSA) is 332 Å². The highest BCUT2D eigenvalue weighted by Gasteiger charge is 2.31. The lowest BCUT2D eigenvalue weighted by Gasteiger charge is -2.20. The summed E-state index contributed by atoms with van der Waals surface area (Å²) in [4.78, 5) is 145. The Morgan fingerprint density at radius 1 is 0.226 bits per heavy atom. The van der Waals surface area contributed by atoms with E-state index in [1.807, 2.05) is 0 Å². The molecule has 0 radical (unpaired) electrons. The second-order valence-electron chi connectivity index (χ2n) is 21.0. The minimum absolute atomic E-state index is 0.146. The summed E-state index contributed by atoms with van der Waals surface area (Å²) in [6.07, 6.45) is 0. The largest absolute Gasteiger partial charge is 0.467 e. The summed E-state index contributed by atoms with van der Waals surface area (Å²) in [6, 6.07) is 13.1. The minimum Gasteiger partial charge on any atom is -0.467 e. The van der Waals surface area contributed by atoms with Crippen molar-refractivity contribution in [3.8, 4) is 0 Å². The molecule has 3 aromatic rings. The number of nitrogens with one attached hydrogen (secondary N) is 6. The molecule has 6 atom stereocenters. The third-order valence-corrected chi connectivity index (χ3v) is 12.7. The van der Waals surface area contributed by atoms with E-state index in [1.54, 1.807) is 83.1 Å². The third kappa shape index (κ3) is 22.9. The Morgan fingerprint density at radius 3 is 0.393 bits per heavy atom. The van der Waals surface area contributed by atoms with Gasteiger partial charge in [0.1, 0.15) is 36.3 Å². The monoisotopic (exact) mass is 1180 g/mol. The van der Waals surface area contributed by atoms with Gasteiger partial charge in [-0.05, 0) is 108 Å². The number of ether oxygens (including phenoxy) is 6. The first kappa shape index (κ1) is 73.3. The maximum absolute atomic E-state index is 12.4. The van der Waals surface area contributed by atoms with Crippen LogP contribution < -0.4 is 31.9 Å². The standard InChI is InChI=1S/3C20H28N2O6/c3*1-11(2)15(19(25)27-5)21-17(23)13-7-9-14(10-8-13)18(24)22-16(12(3)4)20(26)28-6/h3*7-12,15-16H,1-6H3,(H,21,23)(H,22,24)/t3*15-,16-/m111/s1. The van der Waals surface area contributed by atoms with E-state index in [9.17, 15) is 57.5 Å². The zero-order valence-electron chi connectivity index (χ0n) is 51.2. The first-order chi connectivity index (χ1) is 39.3. The number of carbonyl (C=O) groups is 12. The van der Waals surface area contributed by atoms with Crippen LogP contribution in [-0.4, -0.2) is 150 Å². The van der Waals surface area contributed by atoms with Gasteiger partial charge >= 0.3 is 35.8 Å². The van der Waals surface area contributed by atoms with Crippen LogP contribution >= 0.6 is 0 Å². The predicted molar refractivity (Wildman–Crippen MR) is 308 cm³/mol. The summed E-state index contributed by atoms with van der Waals surface area (Å²) in [5.74, 6) is -6.75. The fourth-order valence-electron chi connectivity index (χ4n) is 7.41. The van der Waals surface area contributed by atoms with Gasteiger partial charge in [0.25, 0.3) is 35.4 Å². The van der Waals surface area contributed by atoms with Crippen LogP contribution in [0.25, 0.3) is 0 Å². The Hall–Kier alpha value is -8.70. The molecule has 24 heteroatoms. The molecule has 6 N–H and O–H groups in total. The van der Waals surface area contributed by atoms with Crippen LogP contribution in [0.2, 0.25) is 0 Å². The van der Waals surface area contributed by atoms with Gasteiger partial charge in [0.15, 0.2) is 0 Å². The van der Waals surface area contributed by atoms with Crippen molar-refractivity contribution in [1.29, 1.82) is 0 Å². The van der Waals surface area contributed by atoms with Gasteiger partial charge in [-0.25, -0.2) is 28.8 Å². The smallest absolute Gasteiger partial charge is 0.328 e. The van der Waals surface area contributed by atoms with E-state index >= 15 is 0 Å². The number of amides is 6. The van der Waals surface area contributed by atoms with Gasteiger partial charge in [-0.3, -0.25) is 28.8 Å². The first-order valence-electron chi connectivity index (χ1n) is 27.0. The van der Waals surface area contributed by atoms with E-state index < -0.39 is 108 Å². The maximum Gasteiger partial charge on any atom is 0.328 e. The van der Waals surface area contributed by atoms with E-state index in [-0.39, 0.29) is 35.5 Å². The van der Waals surface area contributed by atoms with Gasteiger partial charge in [-0.2, -0.15) is 0 Å². The lowest BCUT2D eigenvalue weighted by Crippen LogP contribution is -2.45. The van der Waals surface area contributed by atoms with Crippen LogP contribution in [0.5, 0.6) is 0 Å². The molecule has 24 nitrogen and oxygen atoms in total. The normalized spacial score (nSPS) is 12.9. The number of hydrogen-bond donors (Lipinski definition) is 6. The molecular weight excluding hydrogens is 1090 g/mol. The molecule has 0 saturated heterocycles. The van der Waals surface area contributed by atoms with Crippen LogP contribution in [0.15, 0.2) is 72.8 Å². The first-order valence-corrected chi connectivity index (χ1v) is 27.0. The van der Waals surface area contributed by atoms with Crippen LogP contribution in [0.3, 0.4) is 0 Å². The van der Waals surface area contributed by atoms with Crippen molar-refractivity contribution in [2.45, 2.75) is 119 Å². The number of benzene rings is 3. The van der Waals surface area contributed by atoms with E-state index in [1.165, 1.54) is 115 Å². The molecule has 462 valence electrons. The van der Waals surface area contributed by atoms with E-state index in [0.717, 1.165) is 0 Å². The van der Waals surface area contributed by atoms with Gasteiger partial charge in [0.2, 0.25) is 0 Å². The van der Waals surface area contributed by atoms with Gasteiger partial charge in [-0.1, -0.05) is 83.1 Å². The summed E-state index contributed by atoms with van der Waals surface area (Å²) in [5, 5.41) is 15.8. The fourth-order valence-corrected chi connectivity index (χ4v) is 7.41. The number of hydrogen-bond acceptors (Lipinski definition) is 18. The summed E-state index contributed by atoms with van der Waals surface area (Å²) in [6.45, 7) is 21.5. The fraction of sp³-hybridized carbons (Fsp3) is 0.500. The van der Waals surface area contributed by atoms with Gasteiger partial charge in [0, 0.05) is 33.4 Å². The van der Waals surface area contributed by atoms with Gasteiger partial charge in [-0.15, -0.1) is 0 Å². The quantitative estimate of drug-likeness (QED) is 0.0526.